The van der Waals surface area contributed by atoms with Crippen LogP contribution in [0.15, 0.2) is 66.7 Å². The van der Waals surface area contributed by atoms with E-state index >= 15 is 0 Å². The van der Waals surface area contributed by atoms with Crippen LogP contribution in [0.5, 0.6) is 11.5 Å². The molecule has 0 heterocycles. The molecule has 0 saturated carbocycles. The van der Waals surface area contributed by atoms with Gasteiger partial charge in [0.2, 0.25) is 6.41 Å². The van der Waals surface area contributed by atoms with E-state index in [0.29, 0.717) is 30.4 Å². The van der Waals surface area contributed by atoms with E-state index in [4.69, 9.17) is 14.3 Å². The van der Waals surface area contributed by atoms with E-state index in [2.05, 4.69) is 54.0 Å². The number of rotatable bonds is 12. The molecule has 33 heavy (non-hydrogen) atoms. The lowest BCUT2D eigenvalue weighted by Crippen LogP contribution is -2.22. The highest BCUT2D eigenvalue weighted by atomic mass is 79.9. The SMILES string of the molecule is COc1ccc(CON(C=O)c2cc(-c3ccc(CBr)cc3)ccc2OCCC(C)C)cc1. The highest BCUT2D eigenvalue weighted by molar-refractivity contribution is 9.08. The lowest BCUT2D eigenvalue weighted by atomic mass is 10.0. The fourth-order valence-corrected chi connectivity index (χ4v) is 3.58. The molecule has 6 heteroatoms. The molecule has 0 fully saturated rings. The van der Waals surface area contributed by atoms with Gasteiger partial charge in [0.1, 0.15) is 23.8 Å². The van der Waals surface area contributed by atoms with E-state index in [0.717, 1.165) is 34.2 Å². The monoisotopic (exact) mass is 511 g/mol. The number of halogens is 1. The van der Waals surface area contributed by atoms with Gasteiger partial charge in [-0.3, -0.25) is 9.63 Å². The maximum atomic E-state index is 12.0. The molecule has 0 saturated heterocycles. The Balaban J connectivity index is 1.86. The van der Waals surface area contributed by atoms with Crippen molar-refractivity contribution in [1.29, 1.82) is 0 Å². The summed E-state index contributed by atoms with van der Waals surface area (Å²) in [6, 6.07) is 21.7. The van der Waals surface area contributed by atoms with Crippen LogP contribution in [0.1, 0.15) is 31.4 Å². The number of hydroxylamine groups is 1. The molecule has 3 aromatic rings. The number of anilines is 1. The van der Waals surface area contributed by atoms with Crippen LogP contribution < -0.4 is 14.5 Å². The molecule has 0 aliphatic carbocycles. The smallest absolute Gasteiger partial charge is 0.238 e. The van der Waals surface area contributed by atoms with Crippen LogP contribution in [0.25, 0.3) is 11.1 Å². The van der Waals surface area contributed by atoms with E-state index < -0.39 is 0 Å². The molecule has 3 aromatic carbocycles. The number of nitrogens with zero attached hydrogens (tertiary/aromatic N) is 1. The van der Waals surface area contributed by atoms with E-state index in [9.17, 15) is 4.79 Å². The van der Waals surface area contributed by atoms with Crippen molar-refractivity contribution in [2.45, 2.75) is 32.2 Å². The Morgan fingerprint density at radius 2 is 1.61 bits per heavy atom. The van der Waals surface area contributed by atoms with Crippen molar-refractivity contribution >= 4 is 28.0 Å². The molecule has 0 aromatic heterocycles. The Morgan fingerprint density at radius 3 is 2.21 bits per heavy atom. The van der Waals surface area contributed by atoms with Gasteiger partial charge in [0, 0.05) is 5.33 Å². The summed E-state index contributed by atoms with van der Waals surface area (Å²) < 4.78 is 11.2. The standard InChI is InChI=1S/C27H30BrNO4/c1-20(2)14-15-32-27-13-10-24(23-8-4-21(17-28)5-9-23)16-26(27)29(19-30)33-18-22-6-11-25(31-3)12-7-22/h4-13,16,19-20H,14-15,17-18H2,1-3H3. The molecule has 174 valence electrons. The average molecular weight is 512 g/mol. The minimum Gasteiger partial charge on any atom is -0.497 e. The van der Waals surface area contributed by atoms with E-state index in [1.54, 1.807) is 7.11 Å². The first-order valence-corrected chi connectivity index (χ1v) is 12.1. The lowest BCUT2D eigenvalue weighted by molar-refractivity contribution is -0.114. The van der Waals surface area contributed by atoms with Gasteiger partial charge in [-0.15, -0.1) is 0 Å². The van der Waals surface area contributed by atoms with Crippen molar-refractivity contribution in [2.24, 2.45) is 5.92 Å². The number of hydrogen-bond donors (Lipinski definition) is 0. The summed E-state index contributed by atoms with van der Waals surface area (Å²) >= 11 is 3.48. The number of benzene rings is 3. The quantitative estimate of drug-likeness (QED) is 0.153. The molecule has 0 atom stereocenters. The van der Waals surface area contributed by atoms with Crippen LogP contribution in [0, 0.1) is 5.92 Å². The molecule has 0 unspecified atom stereocenters. The third kappa shape index (κ3) is 7.07. The van der Waals surface area contributed by atoms with Crippen molar-refractivity contribution in [1.82, 2.24) is 0 Å². The van der Waals surface area contributed by atoms with Crippen molar-refractivity contribution in [3.63, 3.8) is 0 Å². The molecule has 5 nitrogen and oxygen atoms in total. The van der Waals surface area contributed by atoms with Crippen LogP contribution >= 0.6 is 15.9 Å². The highest BCUT2D eigenvalue weighted by Crippen LogP contribution is 2.34. The molecule has 3 rings (SSSR count). The molecule has 0 radical (unpaired) electrons. The van der Waals surface area contributed by atoms with Gasteiger partial charge in [-0.05, 0) is 58.9 Å². The zero-order valence-electron chi connectivity index (χ0n) is 19.3. The molecule has 0 bridgehead atoms. The Kier molecular flexibility index (Phi) is 9.34. The molecular formula is C27H30BrNO4. The second kappa shape index (κ2) is 12.4. The van der Waals surface area contributed by atoms with Gasteiger partial charge in [0.15, 0.2) is 0 Å². The van der Waals surface area contributed by atoms with Crippen molar-refractivity contribution < 1.29 is 19.1 Å². The third-order valence-corrected chi connectivity index (χ3v) is 5.86. The summed E-state index contributed by atoms with van der Waals surface area (Å²) in [6.07, 6.45) is 1.59. The summed E-state index contributed by atoms with van der Waals surface area (Å²) in [6.45, 7) is 5.10. The summed E-state index contributed by atoms with van der Waals surface area (Å²) in [4.78, 5) is 17.9. The first-order chi connectivity index (χ1) is 16.0. The summed E-state index contributed by atoms with van der Waals surface area (Å²) in [5.74, 6) is 1.90. The first-order valence-electron chi connectivity index (χ1n) is 11.0. The van der Waals surface area contributed by atoms with E-state index in [1.165, 1.54) is 10.6 Å². The number of ether oxygens (including phenoxy) is 2. The number of alkyl halides is 1. The lowest BCUT2D eigenvalue weighted by Gasteiger charge is -2.21. The second-order valence-electron chi connectivity index (χ2n) is 8.10. The molecule has 0 aliphatic heterocycles. The fourth-order valence-electron chi connectivity index (χ4n) is 3.20. The summed E-state index contributed by atoms with van der Waals surface area (Å²) in [5, 5.41) is 2.05. The zero-order chi connectivity index (χ0) is 23.6. The van der Waals surface area contributed by atoms with Gasteiger partial charge in [0.25, 0.3) is 0 Å². The van der Waals surface area contributed by atoms with Gasteiger partial charge in [-0.1, -0.05) is 72.2 Å². The van der Waals surface area contributed by atoms with Gasteiger partial charge < -0.3 is 9.47 Å². The molecule has 0 spiro atoms. The van der Waals surface area contributed by atoms with Gasteiger partial charge >= 0.3 is 0 Å². The fraction of sp³-hybridized carbons (Fsp3) is 0.296. The average Bonchev–Trinajstić information content (AvgIpc) is 2.85. The largest absolute Gasteiger partial charge is 0.497 e. The first kappa shape index (κ1) is 24.8. The van der Waals surface area contributed by atoms with Gasteiger partial charge in [-0.25, -0.2) is 0 Å². The summed E-state index contributed by atoms with van der Waals surface area (Å²) in [5.41, 5.74) is 4.72. The molecular weight excluding hydrogens is 482 g/mol. The second-order valence-corrected chi connectivity index (χ2v) is 8.66. The van der Waals surface area contributed by atoms with Crippen LogP contribution in [-0.2, 0) is 21.6 Å². The predicted molar refractivity (Wildman–Crippen MR) is 136 cm³/mol. The van der Waals surface area contributed by atoms with Crippen molar-refractivity contribution in [3.8, 4) is 22.6 Å². The molecule has 1 amide bonds. The van der Waals surface area contributed by atoms with Crippen molar-refractivity contribution in [2.75, 3.05) is 18.8 Å². The predicted octanol–water partition coefficient (Wildman–Crippen LogP) is 6.78. The number of methoxy groups -OCH3 is 1. The number of hydrogen-bond acceptors (Lipinski definition) is 4. The minimum atomic E-state index is 0.234. The van der Waals surface area contributed by atoms with E-state index in [-0.39, 0.29) is 6.61 Å². The highest BCUT2D eigenvalue weighted by Gasteiger charge is 2.16. The topological polar surface area (TPSA) is 48.0 Å². The van der Waals surface area contributed by atoms with Crippen LogP contribution in [0.4, 0.5) is 5.69 Å². The van der Waals surface area contributed by atoms with Crippen LogP contribution in [-0.4, -0.2) is 20.1 Å². The number of carbonyl (C=O) groups excluding carboxylic acids is 1. The van der Waals surface area contributed by atoms with Crippen molar-refractivity contribution in [3.05, 3.63) is 77.9 Å². The van der Waals surface area contributed by atoms with E-state index in [1.807, 2.05) is 42.5 Å². The summed E-state index contributed by atoms with van der Waals surface area (Å²) in [7, 11) is 1.63. The van der Waals surface area contributed by atoms with Crippen LogP contribution in [0.2, 0.25) is 0 Å². The molecule has 0 aliphatic rings. The Hall–Kier alpha value is -2.83. The van der Waals surface area contributed by atoms with Crippen LogP contribution in [0.3, 0.4) is 0 Å². The maximum Gasteiger partial charge on any atom is 0.238 e. The maximum absolute atomic E-state index is 12.0. The third-order valence-electron chi connectivity index (χ3n) is 5.22. The Bertz CT molecular complexity index is 1020. The minimum absolute atomic E-state index is 0.234. The zero-order valence-corrected chi connectivity index (χ0v) is 20.9. The Morgan fingerprint density at radius 1 is 0.939 bits per heavy atom. The number of carbonyl (C=O) groups is 1. The van der Waals surface area contributed by atoms with Gasteiger partial charge in [-0.2, -0.15) is 5.06 Å². The Labute approximate surface area is 204 Å². The number of amides is 1. The molecule has 0 N–H and O–H groups in total. The van der Waals surface area contributed by atoms with Gasteiger partial charge in [0.05, 0.1) is 13.7 Å². The normalized spacial score (nSPS) is 10.8.